The zero-order valence-electron chi connectivity index (χ0n) is 15.9. The minimum Gasteiger partial charge on any atom is -0.338 e. The number of piperidine rings is 1. The van der Waals surface area contributed by atoms with Crippen molar-refractivity contribution in [3.05, 3.63) is 0 Å². The van der Waals surface area contributed by atoms with Gasteiger partial charge in [0.2, 0.25) is 0 Å². The zero-order chi connectivity index (χ0) is 19.0. The van der Waals surface area contributed by atoms with Crippen molar-refractivity contribution in [2.75, 3.05) is 58.9 Å². The van der Waals surface area contributed by atoms with Crippen molar-refractivity contribution in [1.82, 2.24) is 20.0 Å². The second-order valence-corrected chi connectivity index (χ2v) is 7.70. The molecule has 0 aliphatic carbocycles. The van der Waals surface area contributed by atoms with Gasteiger partial charge in [-0.25, -0.2) is 4.79 Å². The zero-order valence-corrected chi connectivity index (χ0v) is 15.9. The smallest absolute Gasteiger partial charge is 0.338 e. The van der Waals surface area contributed by atoms with Crippen LogP contribution in [0.2, 0.25) is 0 Å². The van der Waals surface area contributed by atoms with Crippen molar-refractivity contribution < 1.29 is 18.0 Å². The summed E-state index contributed by atoms with van der Waals surface area (Å²) >= 11 is 0. The first-order valence-corrected chi connectivity index (χ1v) is 9.88. The number of hydrogen-bond donors (Lipinski definition) is 1. The van der Waals surface area contributed by atoms with Gasteiger partial charge in [-0.15, -0.1) is 0 Å². The highest BCUT2D eigenvalue weighted by Gasteiger charge is 2.31. The third-order valence-corrected chi connectivity index (χ3v) is 5.33. The van der Waals surface area contributed by atoms with E-state index in [0.29, 0.717) is 32.6 Å². The van der Waals surface area contributed by atoms with Crippen LogP contribution in [0.15, 0.2) is 0 Å². The molecule has 2 fully saturated rings. The average Bonchev–Trinajstić information content (AvgIpc) is 2.80. The summed E-state index contributed by atoms with van der Waals surface area (Å²) in [5.41, 5.74) is 0. The topological polar surface area (TPSA) is 38.8 Å². The van der Waals surface area contributed by atoms with Gasteiger partial charge in [0.15, 0.2) is 0 Å². The molecule has 0 aromatic heterocycles. The molecule has 1 N–H and O–H groups in total. The summed E-state index contributed by atoms with van der Waals surface area (Å²) in [4.78, 5) is 17.7. The fraction of sp³-hybridized carbons (Fsp3) is 0.944. The summed E-state index contributed by atoms with van der Waals surface area (Å²) in [6, 6.07) is -0.148. The van der Waals surface area contributed by atoms with Gasteiger partial charge >= 0.3 is 12.2 Å². The standard InChI is InChI=1S/C18H33F3N4O/c1-16-5-11-23(12-6-16)8-3-2-7-22-17(26)25-10-4-9-24(13-14-25)15-18(19,20)21/h16H,2-15H2,1H3,(H,22,26). The predicted molar refractivity (Wildman–Crippen MR) is 96.2 cm³/mol. The number of halogens is 3. The molecule has 0 saturated carbocycles. The van der Waals surface area contributed by atoms with E-state index in [2.05, 4.69) is 17.1 Å². The van der Waals surface area contributed by atoms with Crippen LogP contribution in [0.25, 0.3) is 0 Å². The molecule has 0 spiro atoms. The Morgan fingerprint density at radius 3 is 2.42 bits per heavy atom. The Kier molecular flexibility index (Phi) is 8.47. The highest BCUT2D eigenvalue weighted by molar-refractivity contribution is 5.74. The molecule has 0 unspecified atom stereocenters. The summed E-state index contributed by atoms with van der Waals surface area (Å²) in [5.74, 6) is 0.839. The maximum absolute atomic E-state index is 12.5. The maximum Gasteiger partial charge on any atom is 0.401 e. The number of carbonyl (C=O) groups excluding carboxylic acids is 1. The molecule has 0 aromatic carbocycles. The molecule has 0 atom stereocenters. The van der Waals surface area contributed by atoms with Crippen LogP contribution in [-0.2, 0) is 0 Å². The first-order chi connectivity index (χ1) is 12.3. The lowest BCUT2D eigenvalue weighted by Crippen LogP contribution is -2.43. The van der Waals surface area contributed by atoms with Gasteiger partial charge in [0.1, 0.15) is 0 Å². The van der Waals surface area contributed by atoms with Gasteiger partial charge in [0.25, 0.3) is 0 Å². The summed E-state index contributed by atoms with van der Waals surface area (Å²) in [5, 5.41) is 2.92. The number of rotatable bonds is 6. The van der Waals surface area contributed by atoms with Crippen LogP contribution in [0.4, 0.5) is 18.0 Å². The van der Waals surface area contributed by atoms with Crippen LogP contribution in [0, 0.1) is 5.92 Å². The number of hydrogen-bond acceptors (Lipinski definition) is 3. The first-order valence-electron chi connectivity index (χ1n) is 9.88. The molecule has 5 nitrogen and oxygen atoms in total. The highest BCUT2D eigenvalue weighted by Crippen LogP contribution is 2.18. The quantitative estimate of drug-likeness (QED) is 0.723. The molecular formula is C18H33F3N4O. The first kappa shape index (κ1) is 21.3. The van der Waals surface area contributed by atoms with Crippen molar-refractivity contribution in [2.24, 2.45) is 5.92 Å². The molecule has 0 radical (unpaired) electrons. The van der Waals surface area contributed by atoms with Gasteiger partial charge < -0.3 is 15.1 Å². The van der Waals surface area contributed by atoms with Gasteiger partial charge in [0, 0.05) is 32.7 Å². The van der Waals surface area contributed by atoms with Crippen molar-refractivity contribution in [3.63, 3.8) is 0 Å². The van der Waals surface area contributed by atoms with Crippen molar-refractivity contribution in [1.29, 1.82) is 0 Å². The van der Waals surface area contributed by atoms with E-state index >= 15 is 0 Å². The number of unbranched alkanes of at least 4 members (excludes halogenated alkanes) is 1. The van der Waals surface area contributed by atoms with E-state index in [9.17, 15) is 18.0 Å². The van der Waals surface area contributed by atoms with E-state index in [-0.39, 0.29) is 12.6 Å². The van der Waals surface area contributed by atoms with Crippen LogP contribution in [0.1, 0.15) is 39.0 Å². The third kappa shape index (κ3) is 8.12. The van der Waals surface area contributed by atoms with Crippen molar-refractivity contribution in [3.8, 4) is 0 Å². The van der Waals surface area contributed by atoms with E-state index < -0.39 is 12.7 Å². The van der Waals surface area contributed by atoms with E-state index in [1.54, 1.807) is 4.90 Å². The van der Waals surface area contributed by atoms with Crippen LogP contribution in [-0.4, -0.2) is 85.8 Å². The second-order valence-electron chi connectivity index (χ2n) is 7.70. The highest BCUT2D eigenvalue weighted by atomic mass is 19.4. The fourth-order valence-corrected chi connectivity index (χ4v) is 3.64. The van der Waals surface area contributed by atoms with Crippen molar-refractivity contribution >= 4 is 6.03 Å². The molecule has 2 amide bonds. The summed E-state index contributed by atoms with van der Waals surface area (Å²) in [6.45, 7) is 7.02. The van der Waals surface area contributed by atoms with Crippen LogP contribution in [0.3, 0.4) is 0 Å². The number of alkyl halides is 3. The number of nitrogens with zero attached hydrogens (tertiary/aromatic N) is 3. The normalized spacial score (nSPS) is 21.6. The molecule has 2 saturated heterocycles. The molecule has 2 rings (SSSR count). The lowest BCUT2D eigenvalue weighted by molar-refractivity contribution is -0.145. The molecular weight excluding hydrogens is 345 g/mol. The molecule has 2 aliphatic heterocycles. The largest absolute Gasteiger partial charge is 0.401 e. The molecule has 0 aromatic rings. The number of carbonyl (C=O) groups is 1. The second kappa shape index (κ2) is 10.3. The van der Waals surface area contributed by atoms with E-state index in [0.717, 1.165) is 25.3 Å². The maximum atomic E-state index is 12.5. The Balaban J connectivity index is 1.56. The lowest BCUT2D eigenvalue weighted by Gasteiger charge is -2.30. The van der Waals surface area contributed by atoms with Crippen LogP contribution < -0.4 is 5.32 Å². The van der Waals surface area contributed by atoms with E-state index in [1.165, 1.54) is 30.8 Å². The van der Waals surface area contributed by atoms with Gasteiger partial charge in [-0.1, -0.05) is 6.92 Å². The number of likely N-dealkylation sites (tertiary alicyclic amines) is 1. The van der Waals surface area contributed by atoms with E-state index in [1.807, 2.05) is 0 Å². The lowest BCUT2D eigenvalue weighted by atomic mass is 9.99. The molecule has 0 bridgehead atoms. The fourth-order valence-electron chi connectivity index (χ4n) is 3.64. The van der Waals surface area contributed by atoms with Gasteiger partial charge in [-0.05, 0) is 57.7 Å². The molecule has 2 aliphatic rings. The summed E-state index contributed by atoms with van der Waals surface area (Å²) < 4.78 is 37.4. The van der Waals surface area contributed by atoms with Crippen molar-refractivity contribution in [2.45, 2.75) is 45.2 Å². The Labute approximate surface area is 154 Å². The number of amides is 2. The van der Waals surface area contributed by atoms with Crippen LogP contribution >= 0.6 is 0 Å². The molecule has 8 heteroatoms. The summed E-state index contributed by atoms with van der Waals surface area (Å²) in [7, 11) is 0. The van der Waals surface area contributed by atoms with Gasteiger partial charge in [-0.2, -0.15) is 13.2 Å². The Bertz CT molecular complexity index is 425. The monoisotopic (exact) mass is 378 g/mol. The average molecular weight is 378 g/mol. The predicted octanol–water partition coefficient (Wildman–Crippen LogP) is 2.78. The number of nitrogens with one attached hydrogen (secondary N) is 1. The Morgan fingerprint density at radius 1 is 1.00 bits per heavy atom. The van der Waals surface area contributed by atoms with Gasteiger partial charge in [-0.3, -0.25) is 4.90 Å². The van der Waals surface area contributed by atoms with E-state index in [4.69, 9.17) is 0 Å². The van der Waals surface area contributed by atoms with Gasteiger partial charge in [0.05, 0.1) is 6.54 Å². The molecule has 2 heterocycles. The Morgan fingerprint density at radius 2 is 1.73 bits per heavy atom. The molecule has 152 valence electrons. The Hall–Kier alpha value is -1.02. The minimum atomic E-state index is -4.18. The number of urea groups is 1. The SMILES string of the molecule is CC1CCN(CCCCNC(=O)N2CCCN(CC(F)(F)F)CC2)CC1. The molecule has 26 heavy (non-hydrogen) atoms. The summed E-state index contributed by atoms with van der Waals surface area (Å²) in [6.07, 6.45) is 0.953. The minimum absolute atomic E-state index is 0.148. The van der Waals surface area contributed by atoms with Crippen LogP contribution in [0.5, 0.6) is 0 Å². The third-order valence-electron chi connectivity index (χ3n) is 5.33.